The summed E-state index contributed by atoms with van der Waals surface area (Å²) in [4.78, 5) is 0.620. The van der Waals surface area contributed by atoms with Crippen molar-refractivity contribution >= 4 is 9.84 Å². The van der Waals surface area contributed by atoms with Crippen LogP contribution in [0.15, 0.2) is 46.2 Å². The van der Waals surface area contributed by atoms with Crippen molar-refractivity contribution in [2.75, 3.05) is 39.4 Å². The Morgan fingerprint density at radius 2 is 1.16 bits per heavy atom. The molecule has 3 rings (SSSR count). The second-order valence-electron chi connectivity index (χ2n) is 7.72. The Hall–Kier alpha value is -2.09. The molecule has 0 saturated heterocycles. The average molecular weight is 447 g/mol. The Morgan fingerprint density at radius 1 is 0.710 bits per heavy atom. The maximum absolute atomic E-state index is 13.1. The molecule has 2 N–H and O–H groups in total. The molecule has 170 valence electrons. The van der Waals surface area contributed by atoms with Gasteiger partial charge in [0.1, 0.15) is 11.5 Å². The van der Waals surface area contributed by atoms with Gasteiger partial charge in [-0.1, -0.05) is 13.8 Å². The van der Waals surface area contributed by atoms with E-state index in [0.29, 0.717) is 34.5 Å². The maximum atomic E-state index is 13.1. The maximum Gasteiger partial charge on any atom is 0.208 e. The van der Waals surface area contributed by atoms with Crippen LogP contribution in [0.5, 0.6) is 11.5 Å². The van der Waals surface area contributed by atoms with E-state index in [4.69, 9.17) is 9.47 Å². The van der Waals surface area contributed by atoms with E-state index in [1.807, 2.05) is 24.3 Å². The fraction of sp³-hybridized carbons (Fsp3) is 0.500. The van der Waals surface area contributed by atoms with E-state index < -0.39 is 9.84 Å². The molecule has 0 saturated carbocycles. The second-order valence-corrected chi connectivity index (χ2v) is 9.61. The van der Waals surface area contributed by atoms with Gasteiger partial charge in [0.2, 0.25) is 9.84 Å². The van der Waals surface area contributed by atoms with Crippen molar-refractivity contribution in [1.82, 2.24) is 10.6 Å². The first-order valence-electron chi connectivity index (χ1n) is 11.3. The van der Waals surface area contributed by atoms with Crippen molar-refractivity contribution < 1.29 is 17.9 Å². The van der Waals surface area contributed by atoms with E-state index in [0.717, 1.165) is 63.0 Å². The molecule has 0 fully saturated rings. The lowest BCUT2D eigenvalue weighted by atomic mass is 10.1. The lowest BCUT2D eigenvalue weighted by Gasteiger charge is -2.08. The van der Waals surface area contributed by atoms with Crippen molar-refractivity contribution in [3.05, 3.63) is 36.4 Å². The number of ether oxygens (including phenoxy) is 2. The molecule has 0 unspecified atom stereocenters. The van der Waals surface area contributed by atoms with Crippen LogP contribution < -0.4 is 20.1 Å². The van der Waals surface area contributed by atoms with Gasteiger partial charge in [-0.15, -0.1) is 0 Å². The van der Waals surface area contributed by atoms with Crippen LogP contribution >= 0.6 is 0 Å². The zero-order valence-electron chi connectivity index (χ0n) is 18.6. The molecule has 0 aromatic heterocycles. The molecule has 0 radical (unpaired) electrons. The highest BCUT2D eigenvalue weighted by Crippen LogP contribution is 2.45. The third-order valence-corrected chi connectivity index (χ3v) is 7.00. The van der Waals surface area contributed by atoms with Crippen LogP contribution in [0.25, 0.3) is 11.1 Å². The molecule has 0 aliphatic carbocycles. The summed E-state index contributed by atoms with van der Waals surface area (Å²) in [5.41, 5.74) is 1.45. The van der Waals surface area contributed by atoms with Gasteiger partial charge >= 0.3 is 0 Å². The van der Waals surface area contributed by atoms with Gasteiger partial charge in [-0.3, -0.25) is 0 Å². The molecule has 1 aliphatic rings. The molecule has 6 nitrogen and oxygen atoms in total. The third kappa shape index (κ3) is 5.99. The number of hydrogen-bond donors (Lipinski definition) is 2. The van der Waals surface area contributed by atoms with Crippen molar-refractivity contribution in [2.45, 2.75) is 49.3 Å². The molecular weight excluding hydrogens is 412 g/mol. The minimum atomic E-state index is -3.58. The summed E-state index contributed by atoms with van der Waals surface area (Å²) < 4.78 is 37.9. The van der Waals surface area contributed by atoms with Crippen molar-refractivity contribution in [3.8, 4) is 22.6 Å². The predicted octanol–water partition coefficient (Wildman–Crippen LogP) is 4.04. The number of benzene rings is 2. The second kappa shape index (κ2) is 11.5. The summed E-state index contributed by atoms with van der Waals surface area (Å²) >= 11 is 0. The van der Waals surface area contributed by atoms with Gasteiger partial charge in [0.25, 0.3) is 0 Å². The van der Waals surface area contributed by atoms with E-state index in [9.17, 15) is 8.42 Å². The fourth-order valence-corrected chi connectivity index (χ4v) is 5.29. The quantitative estimate of drug-likeness (QED) is 0.364. The lowest BCUT2D eigenvalue weighted by molar-refractivity contribution is 0.307. The molecule has 7 heteroatoms. The SMILES string of the molecule is CCCNCCCOc1ccc2c(c1)S(=O)(=O)c1cc(OCCCNCCC)ccc1-2. The van der Waals surface area contributed by atoms with Crippen LogP contribution in [-0.2, 0) is 9.84 Å². The summed E-state index contributed by atoms with van der Waals surface area (Å²) in [6.07, 6.45) is 3.96. The number of nitrogens with one attached hydrogen (secondary N) is 2. The summed E-state index contributed by atoms with van der Waals surface area (Å²) in [5.74, 6) is 1.17. The first-order chi connectivity index (χ1) is 15.1. The molecule has 1 heterocycles. The smallest absolute Gasteiger partial charge is 0.208 e. The summed E-state index contributed by atoms with van der Waals surface area (Å²) in [6.45, 7) is 9.14. The monoisotopic (exact) mass is 446 g/mol. The predicted molar refractivity (Wildman–Crippen MR) is 124 cm³/mol. The van der Waals surface area contributed by atoms with Crippen molar-refractivity contribution in [3.63, 3.8) is 0 Å². The Balaban J connectivity index is 1.62. The summed E-state index contributed by atoms with van der Waals surface area (Å²) in [5, 5.41) is 6.66. The molecule has 2 aromatic carbocycles. The van der Waals surface area contributed by atoms with Gasteiger partial charge < -0.3 is 20.1 Å². The van der Waals surface area contributed by atoms with Gasteiger partial charge in [-0.25, -0.2) is 8.42 Å². The number of fused-ring (bicyclic) bond motifs is 3. The topological polar surface area (TPSA) is 76.7 Å². The Labute approximate surface area is 186 Å². The fourth-order valence-electron chi connectivity index (χ4n) is 3.57. The number of rotatable bonds is 14. The Morgan fingerprint density at radius 3 is 1.58 bits per heavy atom. The largest absolute Gasteiger partial charge is 0.494 e. The number of sulfone groups is 1. The minimum absolute atomic E-state index is 0.310. The van der Waals surface area contributed by atoms with Crippen LogP contribution in [0, 0.1) is 0 Å². The van der Waals surface area contributed by atoms with Crippen LogP contribution in [0.1, 0.15) is 39.5 Å². The molecule has 31 heavy (non-hydrogen) atoms. The third-order valence-electron chi connectivity index (χ3n) is 5.16. The van der Waals surface area contributed by atoms with Crippen molar-refractivity contribution in [2.24, 2.45) is 0 Å². The Bertz CT molecular complexity index is 889. The highest BCUT2D eigenvalue weighted by molar-refractivity contribution is 7.92. The van der Waals surface area contributed by atoms with E-state index in [-0.39, 0.29) is 0 Å². The lowest BCUT2D eigenvalue weighted by Crippen LogP contribution is -2.18. The summed E-state index contributed by atoms with van der Waals surface area (Å²) in [6, 6.07) is 10.6. The number of hydrogen-bond acceptors (Lipinski definition) is 6. The zero-order valence-corrected chi connectivity index (χ0v) is 19.4. The highest BCUT2D eigenvalue weighted by atomic mass is 32.2. The van der Waals surface area contributed by atoms with Crippen molar-refractivity contribution in [1.29, 1.82) is 0 Å². The Kier molecular flexibility index (Phi) is 8.75. The van der Waals surface area contributed by atoms with Gasteiger partial charge in [0.15, 0.2) is 0 Å². The van der Waals surface area contributed by atoms with E-state index in [2.05, 4.69) is 24.5 Å². The molecule has 1 aliphatic heterocycles. The van der Waals surface area contributed by atoms with Crippen LogP contribution in [0.3, 0.4) is 0 Å². The van der Waals surface area contributed by atoms with E-state index >= 15 is 0 Å². The first-order valence-corrected chi connectivity index (χ1v) is 12.8. The molecule has 0 amide bonds. The van der Waals surface area contributed by atoms with Gasteiger partial charge in [0, 0.05) is 11.1 Å². The summed E-state index contributed by atoms with van der Waals surface area (Å²) in [7, 11) is -3.58. The first kappa shape index (κ1) is 23.6. The average Bonchev–Trinajstić information content (AvgIpc) is 2.99. The highest BCUT2D eigenvalue weighted by Gasteiger charge is 2.33. The van der Waals surface area contributed by atoms with Crippen LogP contribution in [0.2, 0.25) is 0 Å². The van der Waals surface area contributed by atoms with E-state index in [1.54, 1.807) is 12.1 Å². The minimum Gasteiger partial charge on any atom is -0.494 e. The molecular formula is C24H34N2O4S. The van der Waals surface area contributed by atoms with Gasteiger partial charge in [0.05, 0.1) is 23.0 Å². The molecule has 0 spiro atoms. The van der Waals surface area contributed by atoms with Gasteiger partial charge in [-0.2, -0.15) is 0 Å². The zero-order chi connectivity index (χ0) is 22.1. The molecule has 0 bridgehead atoms. The molecule has 0 atom stereocenters. The van der Waals surface area contributed by atoms with Crippen LogP contribution in [-0.4, -0.2) is 47.8 Å². The standard InChI is InChI=1S/C24H34N2O4S/c1-3-11-25-13-5-15-29-19-7-9-21-22-10-8-20(30-16-6-14-26-12-4-2)18-24(22)31(27,28)23(21)17-19/h7-10,17-18,25-26H,3-6,11-16H2,1-2H3. The normalized spacial score (nSPS) is 13.6. The van der Waals surface area contributed by atoms with E-state index in [1.165, 1.54) is 0 Å². The van der Waals surface area contributed by atoms with Crippen LogP contribution in [0.4, 0.5) is 0 Å². The molecule has 2 aromatic rings. The van der Waals surface area contributed by atoms with Gasteiger partial charge in [-0.05, 0) is 88.3 Å².